The standard InChI is InChI=1S/C22H18N2S.C9H9N.C4H2Br2S/c1-15-13-17-7-3-5-11-23(17)21(15)19-9-10-20(25-19)22-16(2)14-18-8-4-6-12-24(18)22;1-8-6-9-4-2-3-5-10(9)7-8;5-3-1-2-4(6)7-3/h3-14H,1-2H3;2-7H,1H3;1-2H. The fourth-order valence-corrected chi connectivity index (χ4v) is 8.87. The number of thiophene rings is 2. The summed E-state index contributed by atoms with van der Waals surface area (Å²) in [4.78, 5) is 2.62. The molecule has 0 atom stereocenters. The van der Waals surface area contributed by atoms with Crippen LogP contribution in [0.4, 0.5) is 0 Å². The first-order chi connectivity index (χ1) is 20.4. The molecule has 0 unspecified atom stereocenters. The normalized spacial score (nSPS) is 11.0. The zero-order valence-corrected chi connectivity index (χ0v) is 28.3. The minimum absolute atomic E-state index is 1.17. The van der Waals surface area contributed by atoms with Gasteiger partial charge in [-0.15, -0.1) is 22.7 Å². The van der Waals surface area contributed by atoms with Crippen LogP contribution in [0.1, 0.15) is 16.7 Å². The van der Waals surface area contributed by atoms with Crippen molar-refractivity contribution in [1.29, 1.82) is 0 Å². The topological polar surface area (TPSA) is 13.2 Å². The molecule has 8 heterocycles. The maximum atomic E-state index is 3.32. The second-order valence-corrected chi connectivity index (χ2v) is 15.0. The van der Waals surface area contributed by atoms with E-state index in [4.69, 9.17) is 0 Å². The van der Waals surface area contributed by atoms with Gasteiger partial charge in [-0.1, -0.05) is 18.2 Å². The van der Waals surface area contributed by atoms with Crippen LogP contribution in [0.2, 0.25) is 0 Å². The van der Waals surface area contributed by atoms with Gasteiger partial charge in [0.1, 0.15) is 0 Å². The lowest BCUT2D eigenvalue weighted by Crippen LogP contribution is -1.86. The van der Waals surface area contributed by atoms with Crippen LogP contribution >= 0.6 is 54.5 Å². The Morgan fingerprint density at radius 3 is 1.50 bits per heavy atom. The summed E-state index contributed by atoms with van der Waals surface area (Å²) >= 11 is 10.2. The first-order valence-corrected chi connectivity index (χ1v) is 16.8. The number of pyridine rings is 3. The second-order valence-electron chi connectivity index (χ2n) is 10.1. The molecule has 42 heavy (non-hydrogen) atoms. The molecule has 8 aromatic heterocycles. The Hall–Kier alpha value is -3.36. The fourth-order valence-electron chi connectivity index (χ4n) is 5.23. The van der Waals surface area contributed by atoms with Crippen molar-refractivity contribution in [3.05, 3.63) is 146 Å². The molecule has 0 aromatic carbocycles. The van der Waals surface area contributed by atoms with Gasteiger partial charge in [0.15, 0.2) is 0 Å². The Morgan fingerprint density at radius 1 is 0.524 bits per heavy atom. The monoisotopic (exact) mass is 713 g/mol. The Bertz CT molecular complexity index is 1980. The lowest BCUT2D eigenvalue weighted by atomic mass is 10.2. The van der Waals surface area contributed by atoms with Gasteiger partial charge >= 0.3 is 0 Å². The van der Waals surface area contributed by atoms with Gasteiger partial charge in [-0.3, -0.25) is 0 Å². The van der Waals surface area contributed by atoms with Gasteiger partial charge in [-0.25, -0.2) is 0 Å². The van der Waals surface area contributed by atoms with E-state index in [1.807, 2.05) is 29.5 Å². The summed E-state index contributed by atoms with van der Waals surface area (Å²) in [5.74, 6) is 0. The first kappa shape index (κ1) is 28.7. The maximum absolute atomic E-state index is 3.32. The molecule has 0 spiro atoms. The molecule has 210 valence electrons. The number of aryl methyl sites for hydroxylation is 3. The highest BCUT2D eigenvalue weighted by Crippen LogP contribution is 2.39. The van der Waals surface area contributed by atoms with E-state index in [2.05, 4.69) is 169 Å². The number of hydrogen-bond donors (Lipinski definition) is 0. The molecule has 3 nitrogen and oxygen atoms in total. The van der Waals surface area contributed by atoms with Crippen molar-refractivity contribution in [2.24, 2.45) is 0 Å². The molecule has 0 amide bonds. The zero-order chi connectivity index (χ0) is 29.2. The zero-order valence-electron chi connectivity index (χ0n) is 23.5. The molecule has 8 aromatic rings. The van der Waals surface area contributed by atoms with Gasteiger partial charge in [-0.2, -0.15) is 0 Å². The molecule has 0 bridgehead atoms. The first-order valence-electron chi connectivity index (χ1n) is 13.6. The highest BCUT2D eigenvalue weighted by Gasteiger charge is 2.15. The van der Waals surface area contributed by atoms with Crippen molar-refractivity contribution in [2.45, 2.75) is 20.8 Å². The molecule has 0 fully saturated rings. The summed E-state index contributed by atoms with van der Waals surface area (Å²) in [5.41, 5.74) is 10.3. The number of nitrogens with zero attached hydrogens (tertiary/aromatic N) is 3. The predicted octanol–water partition coefficient (Wildman–Crippen LogP) is 11.7. The number of rotatable bonds is 2. The van der Waals surface area contributed by atoms with Crippen LogP contribution in [0.5, 0.6) is 0 Å². The average Bonchev–Trinajstić information content (AvgIpc) is 3.79. The smallest absolute Gasteiger partial charge is 0.0710 e. The van der Waals surface area contributed by atoms with Crippen molar-refractivity contribution < 1.29 is 0 Å². The molecular formula is C35H29Br2N3S2. The fraction of sp³-hybridized carbons (Fsp3) is 0.0857. The molecule has 0 saturated carbocycles. The summed E-state index contributed by atoms with van der Waals surface area (Å²) in [5, 5.41) is 0. The third-order valence-electron chi connectivity index (χ3n) is 6.99. The van der Waals surface area contributed by atoms with Crippen LogP contribution in [-0.4, -0.2) is 13.2 Å². The molecule has 0 N–H and O–H groups in total. The quantitative estimate of drug-likeness (QED) is 0.169. The lowest BCUT2D eigenvalue weighted by molar-refractivity contribution is 1.19. The van der Waals surface area contributed by atoms with Gasteiger partial charge in [0.25, 0.3) is 0 Å². The Balaban J connectivity index is 0.000000151. The van der Waals surface area contributed by atoms with Crippen LogP contribution in [-0.2, 0) is 0 Å². The van der Waals surface area contributed by atoms with Gasteiger partial charge in [0, 0.05) is 41.3 Å². The van der Waals surface area contributed by atoms with Crippen molar-refractivity contribution in [2.75, 3.05) is 0 Å². The van der Waals surface area contributed by atoms with Crippen molar-refractivity contribution in [3.8, 4) is 21.1 Å². The Kier molecular flexibility index (Phi) is 8.54. The molecule has 0 aliphatic carbocycles. The van der Waals surface area contributed by atoms with Crippen LogP contribution in [0.3, 0.4) is 0 Å². The lowest BCUT2D eigenvalue weighted by Gasteiger charge is -2.03. The molecule has 0 aliphatic heterocycles. The van der Waals surface area contributed by atoms with Crippen LogP contribution in [0.25, 0.3) is 37.7 Å². The van der Waals surface area contributed by atoms with Crippen molar-refractivity contribution >= 4 is 71.1 Å². The molecule has 0 radical (unpaired) electrons. The SMILES string of the molecule is Brc1ccc(Br)s1.Cc1cc2ccccn2c1.Cc1cc2ccccn2c1-c1ccc(-c2c(C)cc3ccccn23)s1. The van der Waals surface area contributed by atoms with E-state index in [-0.39, 0.29) is 0 Å². The largest absolute Gasteiger partial charge is 0.324 e. The number of hydrogen-bond acceptors (Lipinski definition) is 2. The van der Waals surface area contributed by atoms with Crippen LogP contribution in [0, 0.1) is 20.8 Å². The van der Waals surface area contributed by atoms with Crippen LogP contribution < -0.4 is 0 Å². The van der Waals surface area contributed by atoms with Gasteiger partial charge in [0.2, 0.25) is 0 Å². The number of fused-ring (bicyclic) bond motifs is 3. The molecule has 0 saturated heterocycles. The third-order valence-corrected chi connectivity index (χ3v) is 10.3. The number of aromatic nitrogens is 3. The van der Waals surface area contributed by atoms with E-state index < -0.39 is 0 Å². The van der Waals surface area contributed by atoms with Gasteiger partial charge in [0.05, 0.1) is 28.7 Å². The highest BCUT2D eigenvalue weighted by atomic mass is 79.9. The van der Waals surface area contributed by atoms with E-state index in [0.717, 1.165) is 0 Å². The predicted molar refractivity (Wildman–Crippen MR) is 188 cm³/mol. The van der Waals surface area contributed by atoms with Crippen molar-refractivity contribution in [3.63, 3.8) is 0 Å². The highest BCUT2D eigenvalue weighted by molar-refractivity contribution is 9.12. The van der Waals surface area contributed by atoms with E-state index in [0.29, 0.717) is 0 Å². The van der Waals surface area contributed by atoms with E-state index in [9.17, 15) is 0 Å². The van der Waals surface area contributed by atoms with E-state index in [1.165, 1.54) is 62.0 Å². The van der Waals surface area contributed by atoms with Crippen LogP contribution in [0.15, 0.2) is 129 Å². The average molecular weight is 716 g/mol. The van der Waals surface area contributed by atoms with E-state index in [1.54, 1.807) is 11.3 Å². The summed E-state index contributed by atoms with van der Waals surface area (Å²) in [7, 11) is 0. The van der Waals surface area contributed by atoms with Gasteiger partial charge < -0.3 is 13.2 Å². The van der Waals surface area contributed by atoms with Crippen molar-refractivity contribution in [1.82, 2.24) is 13.2 Å². The minimum atomic E-state index is 1.17. The molecule has 7 heteroatoms. The minimum Gasteiger partial charge on any atom is -0.324 e. The maximum Gasteiger partial charge on any atom is 0.0710 e. The summed E-state index contributed by atoms with van der Waals surface area (Å²) in [6.45, 7) is 6.49. The van der Waals surface area contributed by atoms with E-state index >= 15 is 0 Å². The molecular weight excluding hydrogens is 686 g/mol. The van der Waals surface area contributed by atoms with Gasteiger partial charge in [-0.05, 0) is 148 Å². The Morgan fingerprint density at radius 2 is 1.02 bits per heavy atom. The second kappa shape index (κ2) is 12.5. The summed E-state index contributed by atoms with van der Waals surface area (Å²) in [6, 6.07) is 34.1. The number of halogens is 2. The summed E-state index contributed by atoms with van der Waals surface area (Å²) < 4.78 is 9.02. The summed E-state index contributed by atoms with van der Waals surface area (Å²) in [6.07, 6.45) is 8.47. The molecule has 0 aliphatic rings. The Labute approximate surface area is 270 Å². The molecule has 8 rings (SSSR count). The third kappa shape index (κ3) is 6.06.